The Labute approximate surface area is 210 Å². The van der Waals surface area contributed by atoms with Gasteiger partial charge in [-0.05, 0) is 31.4 Å². The van der Waals surface area contributed by atoms with Gasteiger partial charge in [-0.1, -0.05) is 41.6 Å². The van der Waals surface area contributed by atoms with Crippen LogP contribution in [-0.4, -0.2) is 35.0 Å². The van der Waals surface area contributed by atoms with E-state index in [-0.39, 0.29) is 30.0 Å². The van der Waals surface area contributed by atoms with E-state index >= 15 is 0 Å². The summed E-state index contributed by atoms with van der Waals surface area (Å²) in [7, 11) is 0. The maximum absolute atomic E-state index is 12.7. The fourth-order valence-electron chi connectivity index (χ4n) is 3.80. The van der Waals surface area contributed by atoms with E-state index in [2.05, 4.69) is 31.0 Å². The largest absolute Gasteiger partial charge is 0.416 e. The molecule has 2 amide bonds. The maximum Gasteiger partial charge on any atom is 0.416 e. The van der Waals surface area contributed by atoms with Crippen LogP contribution in [0.1, 0.15) is 37.1 Å². The van der Waals surface area contributed by atoms with Gasteiger partial charge in [0.15, 0.2) is 5.82 Å². The molecule has 9 nitrogen and oxygen atoms in total. The summed E-state index contributed by atoms with van der Waals surface area (Å²) in [6, 6.07) is 4.51. The Kier molecular flexibility index (Phi) is 8.26. The Morgan fingerprint density at radius 2 is 1.81 bits per heavy atom. The van der Waals surface area contributed by atoms with Crippen molar-refractivity contribution in [1.29, 1.82) is 0 Å². The van der Waals surface area contributed by atoms with E-state index < -0.39 is 11.7 Å². The highest BCUT2D eigenvalue weighted by Gasteiger charge is 2.30. The zero-order chi connectivity index (χ0) is 26.3. The summed E-state index contributed by atoms with van der Waals surface area (Å²) in [4.78, 5) is 28.1. The van der Waals surface area contributed by atoms with Crippen molar-refractivity contribution in [2.24, 2.45) is 16.1 Å². The van der Waals surface area contributed by atoms with Crippen molar-refractivity contribution in [1.82, 2.24) is 20.8 Å². The molecule has 37 heavy (non-hydrogen) atoms. The van der Waals surface area contributed by atoms with Gasteiger partial charge in [-0.2, -0.15) is 18.2 Å². The van der Waals surface area contributed by atoms with Crippen LogP contribution in [0.25, 0.3) is 11.4 Å². The van der Waals surface area contributed by atoms with Crippen LogP contribution in [0.3, 0.4) is 0 Å². The van der Waals surface area contributed by atoms with Crippen LogP contribution in [-0.2, 0) is 22.2 Å². The topological polar surface area (TPSA) is 122 Å². The lowest BCUT2D eigenvalue weighted by Gasteiger charge is -2.20. The second-order valence-electron chi connectivity index (χ2n) is 8.49. The summed E-state index contributed by atoms with van der Waals surface area (Å²) < 4.78 is 43.2. The highest BCUT2D eigenvalue weighted by Crippen LogP contribution is 2.30. The lowest BCUT2D eigenvalue weighted by Crippen LogP contribution is -2.26. The van der Waals surface area contributed by atoms with Gasteiger partial charge in [-0.25, -0.2) is 0 Å². The molecule has 0 radical (unpaired) electrons. The van der Waals surface area contributed by atoms with E-state index in [0.29, 0.717) is 43.2 Å². The predicted molar refractivity (Wildman–Crippen MR) is 127 cm³/mol. The number of allylic oxidation sites excluding steroid dienone is 3. The number of alkyl halides is 3. The molecule has 0 bridgehead atoms. The van der Waals surface area contributed by atoms with Gasteiger partial charge in [0.2, 0.25) is 17.6 Å². The summed E-state index contributed by atoms with van der Waals surface area (Å²) in [5, 5.41) is 17.5. The van der Waals surface area contributed by atoms with Crippen LogP contribution in [0.2, 0.25) is 0 Å². The summed E-state index contributed by atoms with van der Waals surface area (Å²) in [5.74, 6) is 0.358. The molecule has 0 saturated carbocycles. The molecule has 1 aromatic carbocycles. The molecule has 1 aliphatic carbocycles. The number of fused-ring (bicyclic) bond motifs is 1. The van der Waals surface area contributed by atoms with Crippen molar-refractivity contribution >= 4 is 11.8 Å². The number of nitrogens with zero attached hydrogens (tertiary/aromatic N) is 4. The minimum Gasteiger partial charge on any atom is -0.368 e. The molecule has 0 fully saturated rings. The Hall–Kier alpha value is -4.09. The maximum atomic E-state index is 12.7. The number of aryl methyl sites for hydroxylation is 1. The second-order valence-corrected chi connectivity index (χ2v) is 8.49. The quantitative estimate of drug-likeness (QED) is 0.426. The first-order chi connectivity index (χ1) is 17.8. The van der Waals surface area contributed by atoms with E-state index in [1.54, 1.807) is 6.08 Å². The first-order valence-electron chi connectivity index (χ1n) is 11.9. The molecule has 12 heteroatoms. The van der Waals surface area contributed by atoms with Crippen LogP contribution in [0.15, 0.2) is 74.7 Å². The van der Waals surface area contributed by atoms with Crippen LogP contribution < -0.4 is 10.6 Å². The van der Waals surface area contributed by atoms with Crippen molar-refractivity contribution in [3.05, 3.63) is 71.4 Å². The van der Waals surface area contributed by atoms with Crippen molar-refractivity contribution in [3.63, 3.8) is 0 Å². The van der Waals surface area contributed by atoms with Crippen molar-refractivity contribution in [2.45, 2.75) is 38.3 Å². The first kappa shape index (κ1) is 26.0. The number of carbonyl (C=O) groups excluding carboxylic acids is 2. The number of hydrogen-bond donors (Lipinski definition) is 2. The van der Waals surface area contributed by atoms with Crippen LogP contribution in [0.5, 0.6) is 0 Å². The van der Waals surface area contributed by atoms with Crippen molar-refractivity contribution < 1.29 is 27.3 Å². The number of benzene rings is 1. The number of nitrogens with one attached hydrogen (secondary N) is 2. The summed E-state index contributed by atoms with van der Waals surface area (Å²) in [6.07, 6.45) is 5.62. The Morgan fingerprint density at radius 1 is 1.03 bits per heavy atom. The van der Waals surface area contributed by atoms with Crippen molar-refractivity contribution in [3.8, 4) is 11.4 Å². The van der Waals surface area contributed by atoms with E-state index in [1.807, 2.05) is 18.2 Å². The van der Waals surface area contributed by atoms with E-state index in [0.717, 1.165) is 30.5 Å². The first-order valence-corrected chi connectivity index (χ1v) is 11.9. The Balaban J connectivity index is 1.10. The molecule has 2 aliphatic rings. The number of aromatic nitrogens is 2. The number of rotatable bonds is 11. The third kappa shape index (κ3) is 6.99. The predicted octanol–water partition coefficient (Wildman–Crippen LogP) is 4.51. The number of unbranched alkanes of at least 4 members (excludes halogenated alkanes) is 1. The van der Waals surface area contributed by atoms with Gasteiger partial charge in [-0.3, -0.25) is 9.59 Å². The highest BCUT2D eigenvalue weighted by molar-refractivity contribution is 5.86. The van der Waals surface area contributed by atoms with Crippen LogP contribution in [0.4, 0.5) is 13.2 Å². The number of halogens is 3. The average molecular weight is 515 g/mol. The summed E-state index contributed by atoms with van der Waals surface area (Å²) >= 11 is 0. The third-order valence-electron chi connectivity index (χ3n) is 5.76. The molecule has 1 aromatic heterocycles. The summed E-state index contributed by atoms with van der Waals surface area (Å²) in [5.41, 5.74) is 0.476. The molecule has 0 spiro atoms. The molecular weight excluding hydrogens is 489 g/mol. The zero-order valence-corrected chi connectivity index (χ0v) is 19.8. The van der Waals surface area contributed by atoms with Crippen molar-refractivity contribution in [2.75, 3.05) is 13.1 Å². The number of hydrogen-bond acceptors (Lipinski definition) is 7. The standard InChI is InChI=1S/C25H25F3N6O3/c26-25(27,28)17-12-10-16(11-13-17)22-31-21(37-34-22)9-5-8-20(35)29-14-3-4-15-30-23-18-6-1-2-7-19(18)24(36)33-32-23/h1-2,6-7,10-13,19,30H,3-5,8-9,14-15H2,(H,29,35). The molecule has 2 aromatic rings. The molecule has 1 unspecified atom stereocenters. The minimum atomic E-state index is -4.41. The molecule has 1 aliphatic heterocycles. The van der Waals surface area contributed by atoms with Gasteiger partial charge < -0.3 is 15.2 Å². The number of azo groups is 1. The van der Waals surface area contributed by atoms with Gasteiger partial charge in [0.25, 0.3) is 5.91 Å². The smallest absolute Gasteiger partial charge is 0.368 e. The molecule has 4 rings (SSSR count). The molecule has 1 atom stereocenters. The monoisotopic (exact) mass is 514 g/mol. The zero-order valence-electron chi connectivity index (χ0n) is 19.8. The number of carbonyl (C=O) groups is 2. The van der Waals surface area contributed by atoms with E-state index in [4.69, 9.17) is 4.52 Å². The molecule has 2 heterocycles. The average Bonchev–Trinajstić information content (AvgIpc) is 3.36. The highest BCUT2D eigenvalue weighted by atomic mass is 19.4. The van der Waals surface area contributed by atoms with Crippen LogP contribution in [0, 0.1) is 5.92 Å². The summed E-state index contributed by atoms with van der Waals surface area (Å²) in [6.45, 7) is 1.15. The van der Waals surface area contributed by atoms with Gasteiger partial charge in [-0.15, -0.1) is 10.2 Å². The van der Waals surface area contributed by atoms with Gasteiger partial charge >= 0.3 is 6.18 Å². The third-order valence-corrected chi connectivity index (χ3v) is 5.76. The Bertz CT molecular complexity index is 1250. The second kappa shape index (κ2) is 11.8. The van der Waals surface area contributed by atoms with Gasteiger partial charge in [0.05, 0.1) is 11.5 Å². The molecule has 194 valence electrons. The SMILES string of the molecule is O=C(CCCc1nc(-c2ccc(C(F)(F)F)cc2)no1)NCCCCNC1=C2C=CC=CC2C(=O)N=N1. The van der Waals surface area contributed by atoms with E-state index in [1.165, 1.54) is 12.1 Å². The molecular formula is C25H25F3N6O3. The van der Waals surface area contributed by atoms with Crippen LogP contribution >= 0.6 is 0 Å². The lowest BCUT2D eigenvalue weighted by molar-refractivity contribution is -0.137. The van der Waals surface area contributed by atoms with E-state index in [9.17, 15) is 22.8 Å². The van der Waals surface area contributed by atoms with Gasteiger partial charge in [0.1, 0.15) is 0 Å². The number of amides is 2. The normalized spacial score (nSPS) is 16.7. The molecule has 2 N–H and O–H groups in total. The lowest BCUT2D eigenvalue weighted by atomic mass is 9.93. The Morgan fingerprint density at radius 3 is 2.59 bits per heavy atom. The fraction of sp³-hybridized carbons (Fsp3) is 0.360. The van der Waals surface area contributed by atoms with Gasteiger partial charge in [0, 0.05) is 37.1 Å². The molecule has 0 saturated heterocycles. The fourth-order valence-corrected chi connectivity index (χ4v) is 3.80. The minimum absolute atomic E-state index is 0.0954.